The van der Waals surface area contributed by atoms with Gasteiger partial charge in [-0.25, -0.2) is 0 Å². The molecule has 0 bridgehead atoms. The highest BCUT2D eigenvalue weighted by Gasteiger charge is 2.38. The topological polar surface area (TPSA) is 55.2 Å². The Morgan fingerprint density at radius 3 is 2.87 bits per heavy atom. The van der Waals surface area contributed by atoms with Crippen molar-refractivity contribution < 1.29 is 4.92 Å². The Labute approximate surface area is 142 Å². The van der Waals surface area contributed by atoms with Gasteiger partial charge in [-0.05, 0) is 45.5 Å². The summed E-state index contributed by atoms with van der Waals surface area (Å²) in [5.74, 6) is 0.742. The van der Waals surface area contributed by atoms with Crippen molar-refractivity contribution in [1.82, 2.24) is 0 Å². The van der Waals surface area contributed by atoms with E-state index < -0.39 is 0 Å². The maximum absolute atomic E-state index is 11.1. The zero-order valence-corrected chi connectivity index (χ0v) is 13.9. The maximum Gasteiger partial charge on any atom is 0.269 e. The number of benzene rings is 2. The summed E-state index contributed by atoms with van der Waals surface area (Å²) in [6, 6.07) is 13.3. The minimum absolute atomic E-state index is 0.0705. The number of nitro benzene ring substituents is 1. The maximum atomic E-state index is 11.1. The van der Waals surface area contributed by atoms with Crippen molar-refractivity contribution >= 4 is 27.3 Å². The van der Waals surface area contributed by atoms with Gasteiger partial charge in [-0.3, -0.25) is 10.1 Å². The highest BCUT2D eigenvalue weighted by atomic mass is 79.9. The molecule has 0 aromatic heterocycles. The number of non-ortho nitro benzene ring substituents is 1. The molecular formula is C18H15BrN2O2. The molecule has 1 N–H and O–H groups in total. The van der Waals surface area contributed by atoms with E-state index in [0.717, 1.165) is 22.1 Å². The fraction of sp³-hybridized carbons (Fsp3) is 0.222. The average Bonchev–Trinajstić information content (AvgIpc) is 3.04. The van der Waals surface area contributed by atoms with Crippen molar-refractivity contribution in [2.24, 2.45) is 5.92 Å². The Balaban J connectivity index is 1.80. The van der Waals surface area contributed by atoms with Gasteiger partial charge in [0, 0.05) is 22.5 Å². The third-order valence-electron chi connectivity index (χ3n) is 4.79. The predicted octanol–water partition coefficient (Wildman–Crippen LogP) is 5.18. The molecule has 0 radical (unpaired) electrons. The van der Waals surface area contributed by atoms with Gasteiger partial charge in [0.1, 0.15) is 0 Å². The van der Waals surface area contributed by atoms with Crippen molar-refractivity contribution in [3.63, 3.8) is 0 Å². The molecule has 0 amide bonds. The standard InChI is InChI=1S/C18H15BrN2O2/c19-16-9-3-8-15-13-6-2-7-14(13)17(20-18(15)16)11-4-1-5-12(10-11)21(22)23/h1-6,8-10,13-14,17,20H,7H2/t13-,14+,17+/m1/s1. The first-order chi connectivity index (χ1) is 11.1. The number of fused-ring (bicyclic) bond motifs is 3. The van der Waals surface area contributed by atoms with Crippen LogP contribution < -0.4 is 5.32 Å². The van der Waals surface area contributed by atoms with Crippen molar-refractivity contribution in [3.8, 4) is 0 Å². The number of allylic oxidation sites excluding steroid dienone is 2. The highest BCUT2D eigenvalue weighted by Crippen LogP contribution is 2.51. The van der Waals surface area contributed by atoms with Gasteiger partial charge in [-0.1, -0.05) is 36.4 Å². The molecule has 2 aliphatic rings. The summed E-state index contributed by atoms with van der Waals surface area (Å²) in [6.07, 6.45) is 5.47. The zero-order chi connectivity index (χ0) is 16.0. The first-order valence-electron chi connectivity index (χ1n) is 7.61. The SMILES string of the molecule is O=[N+]([O-])c1cccc([C@@H]2Nc3c(Br)cccc3[C@@H]3C=CC[C@@H]32)c1. The predicted molar refractivity (Wildman–Crippen MR) is 93.6 cm³/mol. The zero-order valence-electron chi connectivity index (χ0n) is 12.3. The molecule has 4 rings (SSSR count). The smallest absolute Gasteiger partial charge is 0.269 e. The third kappa shape index (κ3) is 2.36. The quantitative estimate of drug-likeness (QED) is 0.449. The molecule has 0 fully saturated rings. The molecule has 1 heterocycles. The van der Waals surface area contributed by atoms with Crippen LogP contribution in [0.25, 0.3) is 0 Å². The normalized spacial score (nSPS) is 24.7. The largest absolute Gasteiger partial charge is 0.377 e. The molecular weight excluding hydrogens is 356 g/mol. The number of nitrogens with one attached hydrogen (secondary N) is 1. The van der Waals surface area contributed by atoms with Crippen molar-refractivity contribution in [2.75, 3.05) is 5.32 Å². The minimum Gasteiger partial charge on any atom is -0.377 e. The summed E-state index contributed by atoms with van der Waals surface area (Å²) in [4.78, 5) is 10.7. The minimum atomic E-state index is -0.333. The Morgan fingerprint density at radius 2 is 2.04 bits per heavy atom. The summed E-state index contributed by atoms with van der Waals surface area (Å²) in [6.45, 7) is 0. The van der Waals surface area contributed by atoms with Crippen LogP contribution in [0, 0.1) is 16.0 Å². The lowest BCUT2D eigenvalue weighted by molar-refractivity contribution is -0.384. The monoisotopic (exact) mass is 370 g/mol. The summed E-state index contributed by atoms with van der Waals surface area (Å²) >= 11 is 3.62. The lowest BCUT2D eigenvalue weighted by Gasteiger charge is -2.38. The van der Waals surface area contributed by atoms with Gasteiger partial charge in [-0.15, -0.1) is 0 Å². The molecule has 0 saturated carbocycles. The lowest BCUT2D eigenvalue weighted by atomic mass is 9.77. The van der Waals surface area contributed by atoms with E-state index in [0.29, 0.717) is 11.8 Å². The van der Waals surface area contributed by atoms with E-state index in [2.05, 4.69) is 45.5 Å². The number of para-hydroxylation sites is 1. The van der Waals surface area contributed by atoms with Crippen LogP contribution >= 0.6 is 15.9 Å². The van der Waals surface area contributed by atoms with E-state index in [4.69, 9.17) is 0 Å². The van der Waals surface area contributed by atoms with E-state index >= 15 is 0 Å². The summed E-state index contributed by atoms with van der Waals surface area (Å²) < 4.78 is 1.03. The number of rotatable bonds is 2. The molecule has 2 aromatic rings. The van der Waals surface area contributed by atoms with Crippen LogP contribution in [0.15, 0.2) is 59.1 Å². The van der Waals surface area contributed by atoms with Crippen LogP contribution in [0.3, 0.4) is 0 Å². The Morgan fingerprint density at radius 1 is 1.22 bits per heavy atom. The second kappa shape index (κ2) is 5.49. The molecule has 23 heavy (non-hydrogen) atoms. The van der Waals surface area contributed by atoms with Gasteiger partial charge in [0.25, 0.3) is 5.69 Å². The third-order valence-corrected chi connectivity index (χ3v) is 5.45. The van der Waals surface area contributed by atoms with Gasteiger partial charge in [0.15, 0.2) is 0 Å². The number of nitrogens with zero attached hydrogens (tertiary/aromatic N) is 1. The Bertz CT molecular complexity index is 818. The number of hydrogen-bond donors (Lipinski definition) is 1. The molecule has 0 spiro atoms. The molecule has 5 heteroatoms. The molecule has 116 valence electrons. The first-order valence-corrected chi connectivity index (χ1v) is 8.40. The number of hydrogen-bond acceptors (Lipinski definition) is 3. The van der Waals surface area contributed by atoms with Gasteiger partial charge >= 0.3 is 0 Å². The molecule has 4 nitrogen and oxygen atoms in total. The van der Waals surface area contributed by atoms with Crippen LogP contribution in [0.2, 0.25) is 0 Å². The van der Waals surface area contributed by atoms with E-state index in [1.54, 1.807) is 18.2 Å². The molecule has 0 unspecified atom stereocenters. The van der Waals surface area contributed by atoms with Crippen molar-refractivity contribution in [1.29, 1.82) is 0 Å². The van der Waals surface area contributed by atoms with E-state index in [1.807, 2.05) is 12.1 Å². The Kier molecular flexibility index (Phi) is 3.45. The number of halogens is 1. The molecule has 2 aromatic carbocycles. The van der Waals surface area contributed by atoms with Crippen molar-refractivity contribution in [3.05, 3.63) is 80.3 Å². The first kappa shape index (κ1) is 14.5. The second-order valence-corrected chi connectivity index (χ2v) is 6.89. The molecule has 1 aliphatic heterocycles. The van der Waals surface area contributed by atoms with Gasteiger partial charge in [0.05, 0.1) is 16.7 Å². The van der Waals surface area contributed by atoms with E-state index in [-0.39, 0.29) is 16.7 Å². The van der Waals surface area contributed by atoms with Gasteiger partial charge in [0.2, 0.25) is 0 Å². The van der Waals surface area contributed by atoms with E-state index in [1.165, 1.54) is 5.56 Å². The molecule has 3 atom stereocenters. The number of anilines is 1. The van der Waals surface area contributed by atoms with Crippen molar-refractivity contribution in [2.45, 2.75) is 18.4 Å². The fourth-order valence-electron chi connectivity index (χ4n) is 3.75. The second-order valence-electron chi connectivity index (χ2n) is 6.03. The van der Waals surface area contributed by atoms with Crippen LogP contribution in [-0.4, -0.2) is 4.92 Å². The average molecular weight is 371 g/mol. The van der Waals surface area contributed by atoms with Crippen LogP contribution in [0.5, 0.6) is 0 Å². The summed E-state index contributed by atoms with van der Waals surface area (Å²) in [5.41, 5.74) is 3.50. The highest BCUT2D eigenvalue weighted by molar-refractivity contribution is 9.10. The lowest BCUT2D eigenvalue weighted by Crippen LogP contribution is -2.29. The summed E-state index contributed by atoms with van der Waals surface area (Å²) in [5, 5.41) is 14.7. The van der Waals surface area contributed by atoms with E-state index in [9.17, 15) is 10.1 Å². The Hall–Kier alpha value is -2.14. The molecule has 1 aliphatic carbocycles. The fourth-order valence-corrected chi connectivity index (χ4v) is 4.24. The summed E-state index contributed by atoms with van der Waals surface area (Å²) in [7, 11) is 0. The number of nitro groups is 1. The van der Waals surface area contributed by atoms with Crippen LogP contribution in [-0.2, 0) is 0 Å². The molecule has 0 saturated heterocycles. The van der Waals surface area contributed by atoms with Crippen LogP contribution in [0.4, 0.5) is 11.4 Å². The van der Waals surface area contributed by atoms with Gasteiger partial charge < -0.3 is 5.32 Å². The van der Waals surface area contributed by atoms with Gasteiger partial charge in [-0.2, -0.15) is 0 Å². The van der Waals surface area contributed by atoms with Crippen LogP contribution in [0.1, 0.15) is 29.5 Å².